The molecule has 1 aliphatic rings. The molecule has 2 aromatic carbocycles. The number of aryl methyl sites for hydroxylation is 2. The molecule has 3 rings (SSSR count). The average molecular weight is 521 g/mol. The van der Waals surface area contributed by atoms with E-state index in [1.165, 1.54) is 42.4 Å². The lowest BCUT2D eigenvalue weighted by atomic mass is 9.89. The largest absolute Gasteiger partial charge is 0.490 e. The summed E-state index contributed by atoms with van der Waals surface area (Å²) in [5.74, 6) is 0.180. The molecule has 1 heterocycles. The molecule has 1 saturated heterocycles. The molecule has 0 amide bonds. The van der Waals surface area contributed by atoms with Crippen molar-refractivity contribution in [3.05, 3.63) is 62.6 Å². The van der Waals surface area contributed by atoms with Crippen LogP contribution in [0.2, 0.25) is 10.0 Å². The molecule has 2 aromatic rings. The lowest BCUT2D eigenvalue weighted by Gasteiger charge is -2.36. The van der Waals surface area contributed by atoms with E-state index in [1.807, 2.05) is 12.1 Å². The smallest absolute Gasteiger partial charge is 0.309 e. The second-order valence-electron chi connectivity index (χ2n) is 10.1. The Hall–Kier alpha value is -1.75. The van der Waals surface area contributed by atoms with E-state index in [-0.39, 0.29) is 5.92 Å². The van der Waals surface area contributed by atoms with E-state index in [0.29, 0.717) is 48.0 Å². The van der Waals surface area contributed by atoms with Crippen molar-refractivity contribution in [2.75, 3.05) is 19.7 Å². The van der Waals surface area contributed by atoms with Crippen LogP contribution in [0.15, 0.2) is 30.3 Å². The molecule has 1 fully saturated rings. The lowest BCUT2D eigenvalue weighted by Crippen LogP contribution is -2.49. The molecule has 1 atom stereocenters. The van der Waals surface area contributed by atoms with E-state index in [1.54, 1.807) is 0 Å². The maximum absolute atomic E-state index is 11.0. The highest BCUT2D eigenvalue weighted by Crippen LogP contribution is 2.35. The Morgan fingerprint density at radius 3 is 2.34 bits per heavy atom. The summed E-state index contributed by atoms with van der Waals surface area (Å²) in [6.07, 6.45) is 8.23. The quantitative estimate of drug-likeness (QED) is 0.259. The van der Waals surface area contributed by atoms with Crippen LogP contribution in [0.1, 0.15) is 67.7 Å². The van der Waals surface area contributed by atoms with Gasteiger partial charge >= 0.3 is 5.97 Å². The number of hydrogen-bond acceptors (Lipinski definition) is 3. The predicted octanol–water partition coefficient (Wildman–Crippen LogP) is 7.72. The van der Waals surface area contributed by atoms with Crippen LogP contribution in [-0.2, 0) is 17.8 Å². The first-order valence-corrected chi connectivity index (χ1v) is 13.6. The Labute approximate surface area is 220 Å². The Morgan fingerprint density at radius 2 is 1.71 bits per heavy atom. The van der Waals surface area contributed by atoms with Gasteiger partial charge in [0, 0.05) is 19.6 Å². The summed E-state index contributed by atoms with van der Waals surface area (Å²) in [4.78, 5) is 13.1. The molecule has 0 radical (unpaired) electrons. The van der Waals surface area contributed by atoms with Gasteiger partial charge in [-0.25, -0.2) is 0 Å². The first-order chi connectivity index (χ1) is 16.8. The molecule has 192 valence electrons. The van der Waals surface area contributed by atoms with E-state index in [2.05, 4.69) is 43.9 Å². The third kappa shape index (κ3) is 8.41. The number of carboxylic acids is 1. The van der Waals surface area contributed by atoms with Crippen LogP contribution in [0, 0.1) is 25.7 Å². The van der Waals surface area contributed by atoms with Crippen molar-refractivity contribution in [1.29, 1.82) is 0 Å². The molecule has 0 bridgehead atoms. The highest BCUT2D eigenvalue weighted by atomic mass is 35.5. The van der Waals surface area contributed by atoms with Crippen molar-refractivity contribution >= 4 is 29.2 Å². The van der Waals surface area contributed by atoms with Crippen molar-refractivity contribution < 1.29 is 14.6 Å². The van der Waals surface area contributed by atoms with Gasteiger partial charge in [0.1, 0.15) is 0 Å². The van der Waals surface area contributed by atoms with E-state index < -0.39 is 5.97 Å². The average Bonchev–Trinajstić information content (AvgIpc) is 2.77. The molecule has 1 unspecified atom stereocenters. The number of unbranched alkanes of at least 4 members (excludes halogenated alkanes) is 2. The minimum atomic E-state index is -0.734. The van der Waals surface area contributed by atoms with Crippen molar-refractivity contribution in [2.45, 2.75) is 72.3 Å². The summed E-state index contributed by atoms with van der Waals surface area (Å²) >= 11 is 13.0. The van der Waals surface area contributed by atoms with Gasteiger partial charge < -0.3 is 9.84 Å². The normalized spacial score (nSPS) is 15.1. The van der Waals surface area contributed by atoms with Gasteiger partial charge in [0.2, 0.25) is 0 Å². The van der Waals surface area contributed by atoms with Gasteiger partial charge in [-0.2, -0.15) is 0 Å². The standard InChI is InChI=1S/C29H39Cl2NO3/c1-4-5-6-8-22(14-23-11-10-20(2)21(3)13-23)9-7-12-35-28-26(30)15-24(16-27(28)31)17-32-18-25(19-32)29(33)34/h10-11,13,15-16,22,25H,4-9,12,14,17-19H2,1-3H3,(H,33,34). The number of carbonyl (C=O) groups is 1. The van der Waals surface area contributed by atoms with Crippen LogP contribution < -0.4 is 4.74 Å². The van der Waals surface area contributed by atoms with Gasteiger partial charge in [0.05, 0.1) is 22.6 Å². The van der Waals surface area contributed by atoms with Gasteiger partial charge in [0.15, 0.2) is 5.75 Å². The second kappa shape index (κ2) is 13.5. The zero-order valence-corrected chi connectivity index (χ0v) is 22.8. The molecular weight excluding hydrogens is 481 g/mol. The number of carboxylic acid groups (broad SMARTS) is 1. The highest BCUT2D eigenvalue weighted by Gasteiger charge is 2.32. The van der Waals surface area contributed by atoms with Gasteiger partial charge in [0.25, 0.3) is 0 Å². The van der Waals surface area contributed by atoms with Crippen LogP contribution in [-0.4, -0.2) is 35.7 Å². The second-order valence-corrected chi connectivity index (χ2v) is 10.9. The highest BCUT2D eigenvalue weighted by molar-refractivity contribution is 6.37. The molecule has 4 nitrogen and oxygen atoms in total. The Bertz CT molecular complexity index is 965. The fourth-order valence-electron chi connectivity index (χ4n) is 4.80. The van der Waals surface area contributed by atoms with E-state index in [9.17, 15) is 4.79 Å². The van der Waals surface area contributed by atoms with Crippen LogP contribution in [0.4, 0.5) is 0 Å². The molecule has 1 aliphatic heterocycles. The first-order valence-electron chi connectivity index (χ1n) is 12.9. The Balaban J connectivity index is 1.50. The van der Waals surface area contributed by atoms with Crippen LogP contribution in [0.5, 0.6) is 5.75 Å². The van der Waals surface area contributed by atoms with Crippen LogP contribution in [0.3, 0.4) is 0 Å². The van der Waals surface area contributed by atoms with Gasteiger partial charge in [-0.05, 0) is 73.4 Å². The number of nitrogens with zero attached hydrogens (tertiary/aromatic N) is 1. The molecule has 6 heteroatoms. The van der Waals surface area contributed by atoms with Crippen LogP contribution in [0.25, 0.3) is 0 Å². The fraction of sp³-hybridized carbons (Fsp3) is 0.552. The maximum atomic E-state index is 11.0. The lowest BCUT2D eigenvalue weighted by molar-refractivity contribution is -0.147. The fourth-order valence-corrected chi connectivity index (χ4v) is 5.44. The summed E-state index contributed by atoms with van der Waals surface area (Å²) in [5, 5.41) is 10.1. The summed E-state index contributed by atoms with van der Waals surface area (Å²) in [6, 6.07) is 10.6. The number of aliphatic carboxylic acids is 1. The molecular formula is C29H39Cl2NO3. The molecule has 35 heavy (non-hydrogen) atoms. The van der Waals surface area contributed by atoms with Crippen LogP contribution >= 0.6 is 23.2 Å². The molecule has 0 spiro atoms. The topological polar surface area (TPSA) is 49.8 Å². The monoisotopic (exact) mass is 519 g/mol. The van der Waals surface area contributed by atoms with E-state index in [0.717, 1.165) is 24.8 Å². The molecule has 1 N–H and O–H groups in total. The number of ether oxygens (including phenoxy) is 1. The first kappa shape index (κ1) is 27.8. The summed E-state index contributed by atoms with van der Waals surface area (Å²) < 4.78 is 6.02. The third-order valence-electron chi connectivity index (χ3n) is 7.09. The minimum Gasteiger partial charge on any atom is -0.490 e. The zero-order valence-electron chi connectivity index (χ0n) is 21.3. The summed E-state index contributed by atoms with van der Waals surface area (Å²) in [7, 11) is 0. The zero-order chi connectivity index (χ0) is 25.4. The van der Waals surface area contributed by atoms with Gasteiger partial charge in [-0.1, -0.05) is 74.0 Å². The summed E-state index contributed by atoms with van der Waals surface area (Å²) in [5.41, 5.74) is 5.11. The number of rotatable bonds is 14. The van der Waals surface area contributed by atoms with Crippen molar-refractivity contribution in [2.24, 2.45) is 11.8 Å². The van der Waals surface area contributed by atoms with Gasteiger partial charge in [-0.15, -0.1) is 0 Å². The third-order valence-corrected chi connectivity index (χ3v) is 7.65. The van der Waals surface area contributed by atoms with Crippen molar-refractivity contribution in [3.63, 3.8) is 0 Å². The minimum absolute atomic E-state index is 0.274. The number of halogens is 2. The number of benzene rings is 2. The molecule has 0 aliphatic carbocycles. The number of hydrogen-bond donors (Lipinski definition) is 1. The maximum Gasteiger partial charge on any atom is 0.309 e. The van der Waals surface area contributed by atoms with Crippen molar-refractivity contribution in [1.82, 2.24) is 4.90 Å². The Morgan fingerprint density at radius 1 is 1.03 bits per heavy atom. The van der Waals surface area contributed by atoms with E-state index >= 15 is 0 Å². The Kier molecular flexibility index (Phi) is 10.8. The predicted molar refractivity (Wildman–Crippen MR) is 145 cm³/mol. The van der Waals surface area contributed by atoms with Crippen molar-refractivity contribution in [3.8, 4) is 5.75 Å². The van der Waals surface area contributed by atoms with E-state index in [4.69, 9.17) is 33.0 Å². The summed E-state index contributed by atoms with van der Waals surface area (Å²) in [6.45, 7) is 8.95. The SMILES string of the molecule is CCCCCC(CCCOc1c(Cl)cc(CN2CC(C(=O)O)C2)cc1Cl)Cc1ccc(C)c(C)c1. The molecule has 0 aromatic heterocycles. The molecule has 0 saturated carbocycles. The van der Waals surface area contributed by atoms with Gasteiger partial charge in [-0.3, -0.25) is 9.69 Å². The number of likely N-dealkylation sites (tertiary alicyclic amines) is 1.